The van der Waals surface area contributed by atoms with Gasteiger partial charge in [0.05, 0.1) is 24.2 Å². The fourth-order valence-electron chi connectivity index (χ4n) is 3.15. The minimum atomic E-state index is -0.669. The molecular formula is C18H32O4. The van der Waals surface area contributed by atoms with E-state index in [9.17, 15) is 9.90 Å². The number of ether oxygens (including phenoxy) is 2. The second-order valence-electron chi connectivity index (χ2n) is 7.51. The van der Waals surface area contributed by atoms with E-state index in [2.05, 4.69) is 6.58 Å². The Kier molecular flexibility index (Phi) is 6.36. The monoisotopic (exact) mass is 312 g/mol. The van der Waals surface area contributed by atoms with Gasteiger partial charge in [0.15, 0.2) is 5.79 Å². The molecule has 4 heteroatoms. The molecule has 0 aromatic heterocycles. The fourth-order valence-corrected chi connectivity index (χ4v) is 3.15. The Hall–Kier alpha value is -0.710. The van der Waals surface area contributed by atoms with Crippen LogP contribution in [0.3, 0.4) is 0 Å². The SMILES string of the molecule is C=CCC(C)C(O)C(C)C(=O)C(C)(C)C1CCOC(C)(C)O1. The van der Waals surface area contributed by atoms with Crippen molar-refractivity contribution in [1.82, 2.24) is 0 Å². The summed E-state index contributed by atoms with van der Waals surface area (Å²) in [6.45, 7) is 15.6. The van der Waals surface area contributed by atoms with E-state index in [4.69, 9.17) is 9.47 Å². The van der Waals surface area contributed by atoms with E-state index in [1.54, 1.807) is 13.0 Å². The summed E-state index contributed by atoms with van der Waals surface area (Å²) in [5, 5.41) is 10.4. The maximum Gasteiger partial charge on any atom is 0.163 e. The van der Waals surface area contributed by atoms with Gasteiger partial charge in [0.1, 0.15) is 5.78 Å². The molecule has 0 aromatic carbocycles. The molecule has 1 heterocycles. The second kappa shape index (κ2) is 7.24. The number of rotatable bonds is 7. The summed E-state index contributed by atoms with van der Waals surface area (Å²) >= 11 is 0. The van der Waals surface area contributed by atoms with Crippen LogP contribution in [0.4, 0.5) is 0 Å². The third-order valence-electron chi connectivity index (χ3n) is 4.74. The van der Waals surface area contributed by atoms with Gasteiger partial charge in [0.25, 0.3) is 0 Å². The van der Waals surface area contributed by atoms with Crippen molar-refractivity contribution in [2.75, 3.05) is 6.61 Å². The lowest BCUT2D eigenvalue weighted by molar-refractivity contribution is -0.289. The molecule has 4 atom stereocenters. The quantitative estimate of drug-likeness (QED) is 0.733. The zero-order valence-electron chi connectivity index (χ0n) is 14.9. The van der Waals surface area contributed by atoms with Gasteiger partial charge >= 0.3 is 0 Å². The Bertz CT molecular complexity index is 400. The summed E-state index contributed by atoms with van der Waals surface area (Å²) in [5.74, 6) is -1.05. The zero-order valence-corrected chi connectivity index (χ0v) is 14.9. The number of ketones is 1. The van der Waals surface area contributed by atoms with Gasteiger partial charge in [-0.25, -0.2) is 0 Å². The number of hydrogen-bond donors (Lipinski definition) is 1. The third kappa shape index (κ3) is 4.40. The maximum absolute atomic E-state index is 12.9. The molecule has 0 aliphatic carbocycles. The first kappa shape index (κ1) is 19.3. The highest BCUT2D eigenvalue weighted by molar-refractivity contribution is 5.87. The molecule has 128 valence electrons. The molecule has 4 unspecified atom stereocenters. The van der Waals surface area contributed by atoms with Crippen LogP contribution in [-0.2, 0) is 14.3 Å². The van der Waals surface area contributed by atoms with Crippen LogP contribution in [-0.4, -0.2) is 35.5 Å². The molecule has 0 bridgehead atoms. The molecule has 1 N–H and O–H groups in total. The van der Waals surface area contributed by atoms with Gasteiger partial charge in [0.2, 0.25) is 0 Å². The largest absolute Gasteiger partial charge is 0.392 e. The number of carbonyl (C=O) groups excluding carboxylic acids is 1. The molecule has 0 spiro atoms. The van der Waals surface area contributed by atoms with Crippen LogP contribution in [0.2, 0.25) is 0 Å². The summed E-state index contributed by atoms with van der Waals surface area (Å²) < 4.78 is 11.5. The van der Waals surface area contributed by atoms with Crippen LogP contribution in [0.15, 0.2) is 12.7 Å². The van der Waals surface area contributed by atoms with Gasteiger partial charge in [-0.05, 0) is 32.6 Å². The number of allylic oxidation sites excluding steroid dienone is 1. The highest BCUT2D eigenvalue weighted by Gasteiger charge is 2.45. The Morgan fingerprint density at radius 1 is 1.45 bits per heavy atom. The first-order chi connectivity index (χ1) is 10.0. The lowest BCUT2D eigenvalue weighted by Crippen LogP contribution is -2.51. The number of Topliss-reactive ketones (excluding diaryl/α,β-unsaturated/α-hetero) is 1. The summed E-state index contributed by atoms with van der Waals surface area (Å²) in [5.41, 5.74) is -0.657. The molecule has 0 amide bonds. The zero-order chi connectivity index (χ0) is 17.1. The lowest BCUT2D eigenvalue weighted by Gasteiger charge is -2.44. The number of aliphatic hydroxyl groups excluding tert-OH is 1. The molecule has 1 aliphatic rings. The van der Waals surface area contributed by atoms with Crippen LogP contribution in [0.5, 0.6) is 0 Å². The number of aliphatic hydroxyl groups is 1. The standard InChI is InChI=1S/C18H32O4/c1-8-9-12(2)15(19)13(3)16(20)17(4,5)14-10-11-21-18(6,7)22-14/h8,12-15,19H,1,9-11H2,2-7H3. The average Bonchev–Trinajstić information content (AvgIpc) is 2.44. The van der Waals surface area contributed by atoms with Crippen LogP contribution < -0.4 is 0 Å². The van der Waals surface area contributed by atoms with E-state index in [1.807, 2.05) is 34.6 Å². The van der Waals surface area contributed by atoms with E-state index < -0.39 is 23.2 Å². The van der Waals surface area contributed by atoms with Crippen LogP contribution in [0.1, 0.15) is 54.4 Å². The van der Waals surface area contributed by atoms with Gasteiger partial charge in [-0.1, -0.05) is 33.8 Å². The lowest BCUT2D eigenvalue weighted by atomic mass is 9.73. The molecule has 0 radical (unpaired) electrons. The van der Waals surface area contributed by atoms with Crippen molar-refractivity contribution in [3.63, 3.8) is 0 Å². The van der Waals surface area contributed by atoms with Crippen molar-refractivity contribution in [3.05, 3.63) is 12.7 Å². The molecule has 1 rings (SSSR count). The topological polar surface area (TPSA) is 55.8 Å². The first-order valence-corrected chi connectivity index (χ1v) is 8.18. The molecule has 0 saturated carbocycles. The van der Waals surface area contributed by atoms with Crippen molar-refractivity contribution in [2.24, 2.45) is 17.3 Å². The first-order valence-electron chi connectivity index (χ1n) is 8.18. The molecule has 1 fully saturated rings. The number of carbonyl (C=O) groups is 1. The molecule has 1 saturated heterocycles. The minimum Gasteiger partial charge on any atom is -0.392 e. The van der Waals surface area contributed by atoms with Gasteiger partial charge < -0.3 is 14.6 Å². The Morgan fingerprint density at radius 3 is 2.55 bits per heavy atom. The van der Waals surface area contributed by atoms with Crippen molar-refractivity contribution >= 4 is 5.78 Å². The Balaban J connectivity index is 2.82. The van der Waals surface area contributed by atoms with Gasteiger partial charge in [-0.2, -0.15) is 0 Å². The predicted octanol–water partition coefficient (Wildman–Crippen LogP) is 3.33. The third-order valence-corrected chi connectivity index (χ3v) is 4.74. The fraction of sp³-hybridized carbons (Fsp3) is 0.833. The van der Waals surface area contributed by atoms with Crippen molar-refractivity contribution < 1.29 is 19.4 Å². The van der Waals surface area contributed by atoms with E-state index in [0.717, 1.165) is 0 Å². The summed E-state index contributed by atoms with van der Waals surface area (Å²) in [4.78, 5) is 12.9. The molecule has 22 heavy (non-hydrogen) atoms. The predicted molar refractivity (Wildman–Crippen MR) is 87.5 cm³/mol. The second-order valence-corrected chi connectivity index (χ2v) is 7.51. The molecule has 1 aliphatic heterocycles. The van der Waals surface area contributed by atoms with E-state index >= 15 is 0 Å². The summed E-state index contributed by atoms with van der Waals surface area (Å²) in [6.07, 6.45) is 2.29. The highest BCUT2D eigenvalue weighted by Crippen LogP contribution is 2.37. The van der Waals surface area contributed by atoms with Crippen molar-refractivity contribution in [3.8, 4) is 0 Å². The van der Waals surface area contributed by atoms with E-state index in [1.165, 1.54) is 0 Å². The Morgan fingerprint density at radius 2 is 2.05 bits per heavy atom. The average molecular weight is 312 g/mol. The summed E-state index contributed by atoms with van der Waals surface area (Å²) in [7, 11) is 0. The van der Waals surface area contributed by atoms with Crippen LogP contribution in [0, 0.1) is 17.3 Å². The van der Waals surface area contributed by atoms with E-state index in [-0.39, 0.29) is 17.8 Å². The van der Waals surface area contributed by atoms with Gasteiger partial charge in [-0.15, -0.1) is 6.58 Å². The Labute approximate surface area is 134 Å². The number of hydrogen-bond acceptors (Lipinski definition) is 4. The smallest absolute Gasteiger partial charge is 0.163 e. The highest BCUT2D eigenvalue weighted by atomic mass is 16.7. The minimum absolute atomic E-state index is 0.0132. The molecule has 4 nitrogen and oxygen atoms in total. The van der Waals surface area contributed by atoms with Crippen LogP contribution >= 0.6 is 0 Å². The van der Waals surface area contributed by atoms with Crippen molar-refractivity contribution in [1.29, 1.82) is 0 Å². The van der Waals surface area contributed by atoms with Crippen LogP contribution in [0.25, 0.3) is 0 Å². The normalized spacial score (nSPS) is 26.0. The summed E-state index contributed by atoms with van der Waals surface area (Å²) in [6, 6.07) is 0. The van der Waals surface area contributed by atoms with E-state index in [0.29, 0.717) is 19.4 Å². The maximum atomic E-state index is 12.9. The molecule has 0 aromatic rings. The van der Waals surface area contributed by atoms with Crippen molar-refractivity contribution in [2.45, 2.75) is 72.4 Å². The van der Waals surface area contributed by atoms with Gasteiger partial charge in [-0.3, -0.25) is 4.79 Å². The molecular weight excluding hydrogens is 280 g/mol. The van der Waals surface area contributed by atoms with Gasteiger partial charge in [0, 0.05) is 5.92 Å².